The van der Waals surface area contributed by atoms with Crippen molar-refractivity contribution in [1.82, 2.24) is 20.1 Å². The van der Waals surface area contributed by atoms with Gasteiger partial charge in [-0.1, -0.05) is 0 Å². The van der Waals surface area contributed by atoms with Crippen molar-refractivity contribution in [3.63, 3.8) is 0 Å². The first-order valence-corrected chi connectivity index (χ1v) is 8.98. The molecule has 2 aliphatic rings. The largest absolute Gasteiger partial charge is 0.346 e. The number of rotatable bonds is 2. The molecule has 4 heterocycles. The van der Waals surface area contributed by atoms with Gasteiger partial charge in [-0.05, 0) is 24.3 Å². The summed E-state index contributed by atoms with van der Waals surface area (Å²) < 4.78 is 42.4. The minimum Gasteiger partial charge on any atom is -0.346 e. The van der Waals surface area contributed by atoms with Crippen molar-refractivity contribution in [2.24, 2.45) is 4.99 Å². The second-order valence-electron chi connectivity index (χ2n) is 7.01. The van der Waals surface area contributed by atoms with E-state index >= 15 is 0 Å². The minimum absolute atomic E-state index is 0.0782. The molecule has 3 aromatic rings. The predicted octanol–water partition coefficient (Wildman–Crippen LogP) is 3.80. The maximum absolute atomic E-state index is 14.4. The maximum Gasteiger partial charge on any atom is 0.133 e. The predicted molar refractivity (Wildman–Crippen MR) is 97.4 cm³/mol. The number of H-pyrrole nitrogens is 1. The molecular formula is C20H16F3N5. The normalized spacial score (nSPS) is 21.1. The van der Waals surface area contributed by atoms with Crippen LogP contribution in [0, 0.1) is 11.6 Å². The fourth-order valence-corrected chi connectivity index (χ4v) is 3.94. The average Bonchev–Trinajstić information content (AvgIpc) is 3.42. The molecule has 1 N–H and O–H groups in total. The van der Waals surface area contributed by atoms with E-state index < -0.39 is 23.8 Å². The molecule has 0 spiro atoms. The third-order valence-electron chi connectivity index (χ3n) is 5.26. The number of nitrogens with zero attached hydrogens (tertiary/aromatic N) is 4. The van der Waals surface area contributed by atoms with Crippen LogP contribution in [0.1, 0.15) is 29.3 Å². The third-order valence-corrected chi connectivity index (χ3v) is 5.26. The number of pyridine rings is 1. The quantitative estimate of drug-likeness (QED) is 0.733. The van der Waals surface area contributed by atoms with Gasteiger partial charge in [0.15, 0.2) is 0 Å². The maximum atomic E-state index is 14.4. The molecule has 5 nitrogen and oxygen atoms in total. The van der Waals surface area contributed by atoms with Crippen molar-refractivity contribution in [3.05, 3.63) is 71.3 Å². The molecule has 28 heavy (non-hydrogen) atoms. The fraction of sp³-hybridized carbons (Fsp3) is 0.250. The number of hydrogen-bond donors (Lipinski definition) is 1. The number of likely N-dealkylation sites (tertiary alicyclic amines) is 1. The van der Waals surface area contributed by atoms with E-state index in [4.69, 9.17) is 0 Å². The number of aromatic nitrogens is 3. The molecule has 0 aliphatic carbocycles. The van der Waals surface area contributed by atoms with Gasteiger partial charge in [0, 0.05) is 41.1 Å². The summed E-state index contributed by atoms with van der Waals surface area (Å²) in [6, 6.07) is 4.60. The number of halogens is 3. The zero-order valence-corrected chi connectivity index (χ0v) is 14.7. The van der Waals surface area contributed by atoms with E-state index in [1.807, 2.05) is 6.07 Å². The van der Waals surface area contributed by atoms with Gasteiger partial charge in [0.2, 0.25) is 0 Å². The highest BCUT2D eigenvalue weighted by Crippen LogP contribution is 2.38. The first-order valence-electron chi connectivity index (χ1n) is 8.98. The van der Waals surface area contributed by atoms with Gasteiger partial charge < -0.3 is 4.90 Å². The van der Waals surface area contributed by atoms with Crippen molar-refractivity contribution >= 4 is 5.84 Å². The lowest BCUT2D eigenvalue weighted by atomic mass is 10.0. The molecule has 1 fully saturated rings. The van der Waals surface area contributed by atoms with Gasteiger partial charge in [-0.25, -0.2) is 13.2 Å². The van der Waals surface area contributed by atoms with Gasteiger partial charge in [-0.2, -0.15) is 5.10 Å². The lowest BCUT2D eigenvalue weighted by Gasteiger charge is -2.27. The van der Waals surface area contributed by atoms with Gasteiger partial charge >= 0.3 is 0 Å². The van der Waals surface area contributed by atoms with Crippen LogP contribution in [0.15, 0.2) is 47.8 Å². The molecule has 0 saturated carbocycles. The van der Waals surface area contributed by atoms with Crippen molar-refractivity contribution in [2.75, 3.05) is 6.54 Å². The summed E-state index contributed by atoms with van der Waals surface area (Å²) in [5, 5.41) is 6.71. The summed E-state index contributed by atoms with van der Waals surface area (Å²) in [7, 11) is 0. The number of alkyl halides is 1. The van der Waals surface area contributed by atoms with E-state index in [2.05, 4.69) is 20.2 Å². The first-order chi connectivity index (χ1) is 13.6. The Kier molecular flexibility index (Phi) is 3.92. The fourth-order valence-electron chi connectivity index (χ4n) is 3.94. The summed E-state index contributed by atoms with van der Waals surface area (Å²) in [5.74, 6) is -0.521. The Morgan fingerprint density at radius 1 is 1.11 bits per heavy atom. The molecule has 0 bridgehead atoms. The van der Waals surface area contributed by atoms with Crippen molar-refractivity contribution in [3.8, 4) is 11.1 Å². The first kappa shape index (κ1) is 17.0. The molecule has 2 atom stereocenters. The number of nitrogens with one attached hydrogen (secondary N) is 1. The van der Waals surface area contributed by atoms with E-state index in [9.17, 15) is 13.2 Å². The second kappa shape index (κ2) is 6.47. The molecule has 2 aliphatic heterocycles. The lowest BCUT2D eigenvalue weighted by Crippen LogP contribution is -2.32. The Labute approximate surface area is 158 Å². The van der Waals surface area contributed by atoms with E-state index in [1.54, 1.807) is 23.5 Å². The zero-order chi connectivity index (χ0) is 19.3. The highest BCUT2D eigenvalue weighted by molar-refractivity contribution is 6.02. The van der Waals surface area contributed by atoms with E-state index in [1.165, 1.54) is 0 Å². The molecule has 0 radical (unpaired) electrons. The topological polar surface area (TPSA) is 57.2 Å². The van der Waals surface area contributed by atoms with Crippen LogP contribution in [0.4, 0.5) is 13.2 Å². The Balaban J connectivity index is 1.55. The minimum atomic E-state index is -1.15. The zero-order valence-electron chi connectivity index (χ0n) is 14.7. The van der Waals surface area contributed by atoms with Crippen LogP contribution in [-0.4, -0.2) is 38.6 Å². The van der Waals surface area contributed by atoms with Crippen LogP contribution >= 0.6 is 0 Å². The monoisotopic (exact) mass is 383 g/mol. The van der Waals surface area contributed by atoms with E-state index in [0.717, 1.165) is 40.6 Å². The van der Waals surface area contributed by atoms with E-state index in [-0.39, 0.29) is 18.5 Å². The molecule has 8 heteroatoms. The summed E-state index contributed by atoms with van der Waals surface area (Å²) >= 11 is 0. The molecule has 0 unspecified atom stereocenters. The van der Waals surface area contributed by atoms with Crippen molar-refractivity contribution in [1.29, 1.82) is 0 Å². The lowest BCUT2D eigenvalue weighted by molar-refractivity contribution is 0.341. The number of benzene rings is 1. The number of fused-ring (bicyclic) bond motifs is 1. The van der Waals surface area contributed by atoms with Crippen LogP contribution in [0.25, 0.3) is 11.1 Å². The smallest absolute Gasteiger partial charge is 0.133 e. The third kappa shape index (κ3) is 2.76. The highest BCUT2D eigenvalue weighted by Gasteiger charge is 2.39. The van der Waals surface area contributed by atoms with E-state index in [0.29, 0.717) is 12.4 Å². The van der Waals surface area contributed by atoms with Crippen LogP contribution < -0.4 is 0 Å². The molecule has 0 amide bonds. The number of aliphatic imine (C=N–C) groups is 1. The summed E-state index contributed by atoms with van der Waals surface area (Å²) in [4.78, 5) is 10.8. The Morgan fingerprint density at radius 2 is 2.00 bits per heavy atom. The van der Waals surface area contributed by atoms with Crippen LogP contribution in [0.2, 0.25) is 0 Å². The van der Waals surface area contributed by atoms with Crippen LogP contribution in [0.3, 0.4) is 0 Å². The molecule has 5 rings (SSSR count). The molecule has 142 valence electrons. The molecule has 2 aromatic heterocycles. The average molecular weight is 383 g/mol. The summed E-state index contributed by atoms with van der Waals surface area (Å²) in [6.45, 7) is 0.455. The second-order valence-corrected chi connectivity index (χ2v) is 7.01. The highest BCUT2D eigenvalue weighted by atomic mass is 19.1. The Bertz CT molecular complexity index is 1060. The van der Waals surface area contributed by atoms with Gasteiger partial charge in [-0.3, -0.25) is 15.1 Å². The van der Waals surface area contributed by atoms with Gasteiger partial charge in [0.25, 0.3) is 0 Å². The Hall–Kier alpha value is -3.16. The Morgan fingerprint density at radius 3 is 2.82 bits per heavy atom. The number of aromatic amines is 1. The molecule has 1 aromatic carbocycles. The van der Waals surface area contributed by atoms with Crippen LogP contribution in [-0.2, 0) is 6.54 Å². The number of hydrogen-bond acceptors (Lipinski definition) is 4. The molecule has 1 saturated heterocycles. The van der Waals surface area contributed by atoms with Crippen molar-refractivity contribution in [2.45, 2.75) is 25.2 Å². The van der Waals surface area contributed by atoms with Gasteiger partial charge in [0.1, 0.15) is 23.6 Å². The summed E-state index contributed by atoms with van der Waals surface area (Å²) in [6.07, 6.45) is 4.13. The van der Waals surface area contributed by atoms with Gasteiger partial charge in [-0.15, -0.1) is 0 Å². The molecular weight excluding hydrogens is 367 g/mol. The van der Waals surface area contributed by atoms with Crippen LogP contribution in [0.5, 0.6) is 0 Å². The SMILES string of the molecule is Fc1ccc(F)c([C@H]2C[C@H](F)CN2C2=NCc3ncc(-c4cn[nH]c4)cc32)c1. The number of amidine groups is 1. The van der Waals surface area contributed by atoms with Crippen molar-refractivity contribution < 1.29 is 13.2 Å². The standard InChI is InChI=1S/C20H16F3N5/c21-13-1-2-17(23)15(4-13)19-5-14(22)10-28(19)20-16-3-11(12-7-26-27-8-12)6-24-18(16)9-25-20/h1-4,6-8,14,19H,5,9-10H2,(H,26,27)/t14-,19+/m0/s1. The summed E-state index contributed by atoms with van der Waals surface area (Å²) in [5.41, 5.74) is 3.44. The van der Waals surface area contributed by atoms with Gasteiger partial charge in [0.05, 0.1) is 31.0 Å².